The lowest BCUT2D eigenvalue weighted by atomic mass is 10.0. The summed E-state index contributed by atoms with van der Waals surface area (Å²) < 4.78 is 29.6. The van der Waals surface area contributed by atoms with Gasteiger partial charge in [-0.25, -0.2) is 0 Å². The van der Waals surface area contributed by atoms with Crippen LogP contribution in [-0.2, 0) is 23.7 Å². The Balaban J connectivity index is 1.61. The summed E-state index contributed by atoms with van der Waals surface area (Å²) in [6, 6.07) is 0. The van der Waals surface area contributed by atoms with E-state index in [2.05, 4.69) is 13.8 Å². The highest BCUT2D eigenvalue weighted by molar-refractivity contribution is 4.81. The Morgan fingerprint density at radius 1 is 0.657 bits per heavy atom. The van der Waals surface area contributed by atoms with Crippen molar-refractivity contribution in [1.82, 2.24) is 0 Å². The molecule has 0 aliphatic carbocycles. The van der Waals surface area contributed by atoms with Gasteiger partial charge in [-0.2, -0.15) is 0 Å². The first-order valence-corrected chi connectivity index (χ1v) is 13.9. The van der Waals surface area contributed by atoms with Crippen molar-refractivity contribution in [3.05, 3.63) is 0 Å². The molecule has 0 amide bonds. The Morgan fingerprint density at radius 3 is 1.66 bits per heavy atom. The molecular weight excluding hydrogens is 452 g/mol. The second-order valence-corrected chi connectivity index (χ2v) is 10.8. The third-order valence-electron chi connectivity index (χ3n) is 7.17. The quantitative estimate of drug-likeness (QED) is 0.287. The molecule has 5 unspecified atom stereocenters. The fourth-order valence-electron chi connectivity index (χ4n) is 4.79. The molecule has 35 heavy (non-hydrogen) atoms. The molecule has 2 rings (SSSR count). The van der Waals surface area contributed by atoms with Crippen LogP contribution in [0.15, 0.2) is 0 Å². The summed E-state index contributed by atoms with van der Waals surface area (Å²) in [7, 11) is 0. The summed E-state index contributed by atoms with van der Waals surface area (Å²) in [5.74, 6) is 0. The van der Waals surface area contributed by atoms with Gasteiger partial charge < -0.3 is 39.0 Å². The van der Waals surface area contributed by atoms with Crippen LogP contribution in [0.25, 0.3) is 0 Å². The summed E-state index contributed by atoms with van der Waals surface area (Å²) in [4.78, 5) is 0. The zero-order valence-corrected chi connectivity index (χ0v) is 22.8. The van der Waals surface area contributed by atoms with E-state index in [0.29, 0.717) is 6.42 Å². The molecule has 0 bridgehead atoms. The number of hydrogen-bond donors (Lipinski definition) is 3. The molecule has 11 atom stereocenters. The zero-order valence-electron chi connectivity index (χ0n) is 22.8. The maximum atomic E-state index is 10.6. The Kier molecular flexibility index (Phi) is 14.0. The van der Waals surface area contributed by atoms with E-state index >= 15 is 0 Å². The predicted molar refractivity (Wildman–Crippen MR) is 134 cm³/mol. The maximum absolute atomic E-state index is 10.6. The molecule has 8 heteroatoms. The average Bonchev–Trinajstić information content (AvgIpc) is 2.78. The van der Waals surface area contributed by atoms with Crippen molar-refractivity contribution in [3.63, 3.8) is 0 Å². The molecule has 208 valence electrons. The second-order valence-electron chi connectivity index (χ2n) is 10.8. The number of unbranched alkanes of at least 4 members (excludes halogenated alkanes) is 3. The van der Waals surface area contributed by atoms with Crippen molar-refractivity contribution in [3.8, 4) is 0 Å². The molecule has 2 fully saturated rings. The lowest BCUT2D eigenvalue weighted by Crippen LogP contribution is -2.49. The fourth-order valence-corrected chi connectivity index (χ4v) is 4.79. The molecule has 0 saturated carbocycles. The lowest BCUT2D eigenvalue weighted by molar-refractivity contribution is -0.282. The molecule has 3 N–H and O–H groups in total. The highest BCUT2D eigenvalue weighted by Gasteiger charge is 2.38. The van der Waals surface area contributed by atoms with Gasteiger partial charge in [0.15, 0.2) is 12.6 Å². The molecule has 0 radical (unpaired) electrons. The van der Waals surface area contributed by atoms with E-state index in [1.165, 1.54) is 12.8 Å². The van der Waals surface area contributed by atoms with Crippen LogP contribution < -0.4 is 0 Å². The van der Waals surface area contributed by atoms with Gasteiger partial charge in [0.1, 0.15) is 12.2 Å². The summed E-state index contributed by atoms with van der Waals surface area (Å²) in [6.45, 7) is 12.1. The highest BCUT2D eigenvalue weighted by Crippen LogP contribution is 2.27. The number of hydrogen-bond acceptors (Lipinski definition) is 8. The molecule has 0 spiro atoms. The van der Waals surface area contributed by atoms with Gasteiger partial charge in [0.2, 0.25) is 0 Å². The summed E-state index contributed by atoms with van der Waals surface area (Å²) in [5, 5.41) is 30.4. The van der Waals surface area contributed by atoms with E-state index in [9.17, 15) is 15.3 Å². The topological polar surface area (TPSA) is 107 Å². The smallest absolute Gasteiger partial charge is 0.184 e. The Labute approximate surface area is 212 Å². The van der Waals surface area contributed by atoms with Crippen molar-refractivity contribution in [2.75, 3.05) is 0 Å². The number of ether oxygens (including phenoxy) is 5. The van der Waals surface area contributed by atoms with Gasteiger partial charge in [0.25, 0.3) is 0 Å². The van der Waals surface area contributed by atoms with Gasteiger partial charge in [-0.1, -0.05) is 39.0 Å². The largest absolute Gasteiger partial charge is 0.390 e. The van der Waals surface area contributed by atoms with Crippen molar-refractivity contribution >= 4 is 0 Å². The Hall–Kier alpha value is -0.320. The van der Waals surface area contributed by atoms with Crippen LogP contribution in [0.1, 0.15) is 106 Å². The molecule has 2 heterocycles. The summed E-state index contributed by atoms with van der Waals surface area (Å²) in [6.07, 6.45) is 5.04. The summed E-state index contributed by atoms with van der Waals surface area (Å²) >= 11 is 0. The van der Waals surface area contributed by atoms with Crippen LogP contribution in [0.2, 0.25) is 0 Å². The van der Waals surface area contributed by atoms with E-state index < -0.39 is 30.9 Å². The van der Waals surface area contributed by atoms with Gasteiger partial charge >= 0.3 is 0 Å². The Bertz CT molecular complexity index is 563. The molecule has 0 aromatic carbocycles. The molecule has 8 nitrogen and oxygen atoms in total. The van der Waals surface area contributed by atoms with Crippen molar-refractivity contribution in [1.29, 1.82) is 0 Å². The molecule has 0 aromatic heterocycles. The van der Waals surface area contributed by atoms with Crippen LogP contribution in [0, 0.1) is 0 Å². The van der Waals surface area contributed by atoms with Gasteiger partial charge in [-0.15, -0.1) is 0 Å². The average molecular weight is 505 g/mol. The van der Waals surface area contributed by atoms with Gasteiger partial charge in [0, 0.05) is 12.8 Å². The van der Waals surface area contributed by atoms with Crippen LogP contribution in [0.4, 0.5) is 0 Å². The molecule has 0 aromatic rings. The van der Waals surface area contributed by atoms with E-state index in [4.69, 9.17) is 23.7 Å². The minimum absolute atomic E-state index is 0.0449. The first kappa shape index (κ1) is 30.9. The maximum Gasteiger partial charge on any atom is 0.184 e. The normalized spacial score (nSPS) is 36.6. The number of rotatable bonds is 15. The van der Waals surface area contributed by atoms with Crippen molar-refractivity contribution < 1.29 is 39.0 Å². The monoisotopic (exact) mass is 504 g/mol. The molecular formula is C27H52O8. The van der Waals surface area contributed by atoms with Crippen LogP contribution in [0.3, 0.4) is 0 Å². The first-order chi connectivity index (χ1) is 16.6. The van der Waals surface area contributed by atoms with Gasteiger partial charge in [-0.05, 0) is 53.9 Å². The van der Waals surface area contributed by atoms with Crippen LogP contribution in [-0.4, -0.2) is 82.8 Å². The van der Waals surface area contributed by atoms with E-state index in [-0.39, 0.29) is 43.0 Å². The molecule has 2 aliphatic rings. The van der Waals surface area contributed by atoms with E-state index in [1.54, 1.807) is 6.92 Å². The van der Waals surface area contributed by atoms with Gasteiger partial charge in [0.05, 0.1) is 42.7 Å². The SMILES string of the molecule is CCCCC[C@@H](C)O[C@@H]1OC(C)[C@H](OC(C)CCCC[C@@H](C)O[C@@H]2OC(C)[C@H](O)CC2O)CC1O. The zero-order chi connectivity index (χ0) is 26.0. The second kappa shape index (κ2) is 15.8. The standard InChI is InChI=1S/C27H52O8/c1-7-8-9-12-18(3)33-27-24(30)16-25(21(6)35-27)31-17(2)13-10-11-14-19(4)32-26-23(29)15-22(28)20(5)34-26/h17-30H,7-16H2,1-6H3/t17?,18-,19-,20?,21?,22-,23?,24?,25-,26-,27-/m1/s1. The number of aliphatic hydroxyl groups excluding tert-OH is 3. The minimum atomic E-state index is -0.804. The molecule has 2 saturated heterocycles. The lowest BCUT2D eigenvalue weighted by Gasteiger charge is -2.39. The Morgan fingerprint density at radius 2 is 1.11 bits per heavy atom. The highest BCUT2D eigenvalue weighted by atomic mass is 16.7. The van der Waals surface area contributed by atoms with Crippen molar-refractivity contribution in [2.45, 2.75) is 173 Å². The third kappa shape index (κ3) is 10.9. The minimum Gasteiger partial charge on any atom is -0.390 e. The van der Waals surface area contributed by atoms with Crippen LogP contribution in [0.5, 0.6) is 0 Å². The predicted octanol–water partition coefficient (Wildman–Crippen LogP) is 4.06. The van der Waals surface area contributed by atoms with Crippen LogP contribution >= 0.6 is 0 Å². The molecule has 2 aliphatic heterocycles. The third-order valence-corrected chi connectivity index (χ3v) is 7.17. The first-order valence-electron chi connectivity index (χ1n) is 13.9. The van der Waals surface area contributed by atoms with Crippen molar-refractivity contribution in [2.24, 2.45) is 0 Å². The number of aliphatic hydroxyl groups is 3. The van der Waals surface area contributed by atoms with Gasteiger partial charge in [-0.3, -0.25) is 0 Å². The fraction of sp³-hybridized carbons (Fsp3) is 1.00. The summed E-state index contributed by atoms with van der Waals surface area (Å²) in [5.41, 5.74) is 0. The van der Waals surface area contributed by atoms with E-state index in [0.717, 1.165) is 38.5 Å². The van der Waals surface area contributed by atoms with E-state index in [1.807, 2.05) is 20.8 Å².